The summed E-state index contributed by atoms with van der Waals surface area (Å²) in [6.07, 6.45) is 0. The van der Waals surface area contributed by atoms with Crippen LogP contribution in [0.4, 0.5) is 0 Å². The Hall–Kier alpha value is -1.00. The van der Waals surface area contributed by atoms with Crippen LogP contribution >= 0.6 is 12.4 Å². The molecular weight excluding hydrogens is 226 g/mol. The SMILES string of the molecule is CCNCCNC(=O)c1ccc(C)n1C.Cl. The minimum Gasteiger partial charge on any atom is -0.349 e. The highest BCUT2D eigenvalue weighted by Gasteiger charge is 2.09. The first-order valence-corrected chi connectivity index (χ1v) is 5.28. The van der Waals surface area contributed by atoms with E-state index in [1.54, 1.807) is 0 Å². The molecule has 5 heteroatoms. The average Bonchev–Trinajstić information content (AvgIpc) is 2.55. The van der Waals surface area contributed by atoms with Crippen molar-refractivity contribution in [1.29, 1.82) is 0 Å². The summed E-state index contributed by atoms with van der Waals surface area (Å²) in [5, 5.41) is 6.02. The fraction of sp³-hybridized carbons (Fsp3) is 0.545. The highest BCUT2D eigenvalue weighted by atomic mass is 35.5. The molecule has 0 unspecified atom stereocenters. The summed E-state index contributed by atoms with van der Waals surface area (Å²) < 4.78 is 1.89. The molecule has 1 heterocycles. The largest absolute Gasteiger partial charge is 0.349 e. The van der Waals surface area contributed by atoms with Crippen molar-refractivity contribution in [1.82, 2.24) is 15.2 Å². The van der Waals surface area contributed by atoms with Gasteiger partial charge in [-0.15, -0.1) is 12.4 Å². The lowest BCUT2D eigenvalue weighted by molar-refractivity contribution is 0.0945. The Kier molecular flexibility index (Phi) is 6.85. The van der Waals surface area contributed by atoms with Gasteiger partial charge in [-0.05, 0) is 25.6 Å². The topological polar surface area (TPSA) is 46.1 Å². The van der Waals surface area contributed by atoms with Gasteiger partial charge < -0.3 is 15.2 Å². The van der Waals surface area contributed by atoms with Crippen molar-refractivity contribution < 1.29 is 4.79 Å². The summed E-state index contributed by atoms with van der Waals surface area (Å²) in [6, 6.07) is 3.79. The van der Waals surface area contributed by atoms with Crippen LogP contribution < -0.4 is 10.6 Å². The number of aryl methyl sites for hydroxylation is 1. The quantitative estimate of drug-likeness (QED) is 0.763. The molecule has 0 aromatic carbocycles. The maximum atomic E-state index is 11.7. The molecule has 16 heavy (non-hydrogen) atoms. The number of carbonyl (C=O) groups excluding carboxylic acids is 1. The van der Waals surface area contributed by atoms with Crippen molar-refractivity contribution in [2.24, 2.45) is 7.05 Å². The van der Waals surface area contributed by atoms with Gasteiger partial charge in [0.1, 0.15) is 5.69 Å². The average molecular weight is 246 g/mol. The Labute approximate surface area is 103 Å². The van der Waals surface area contributed by atoms with Crippen LogP contribution in [0.1, 0.15) is 23.1 Å². The van der Waals surface area contributed by atoms with Crippen molar-refractivity contribution >= 4 is 18.3 Å². The van der Waals surface area contributed by atoms with E-state index in [-0.39, 0.29) is 18.3 Å². The normalized spacial score (nSPS) is 9.69. The van der Waals surface area contributed by atoms with Crippen molar-refractivity contribution in [2.45, 2.75) is 13.8 Å². The lowest BCUT2D eigenvalue weighted by Gasteiger charge is -2.07. The summed E-state index contributed by atoms with van der Waals surface area (Å²) in [4.78, 5) is 11.7. The van der Waals surface area contributed by atoms with Crippen LogP contribution in [0.3, 0.4) is 0 Å². The number of rotatable bonds is 5. The minimum atomic E-state index is -0.0106. The third kappa shape index (κ3) is 3.87. The number of carbonyl (C=O) groups is 1. The van der Waals surface area contributed by atoms with Gasteiger partial charge in [0.15, 0.2) is 0 Å². The van der Waals surface area contributed by atoms with Gasteiger partial charge in [-0.3, -0.25) is 4.79 Å². The molecular formula is C11H20ClN3O. The Morgan fingerprint density at radius 1 is 1.38 bits per heavy atom. The first kappa shape index (κ1) is 15.0. The molecule has 1 amide bonds. The number of hydrogen-bond donors (Lipinski definition) is 2. The lowest BCUT2D eigenvalue weighted by Crippen LogP contribution is -2.32. The molecule has 0 fully saturated rings. The van der Waals surface area contributed by atoms with Crippen LogP contribution in [-0.2, 0) is 7.05 Å². The Morgan fingerprint density at radius 3 is 2.56 bits per heavy atom. The molecule has 4 nitrogen and oxygen atoms in total. The van der Waals surface area contributed by atoms with E-state index in [4.69, 9.17) is 0 Å². The zero-order valence-electron chi connectivity index (χ0n) is 10.0. The molecule has 0 spiro atoms. The maximum Gasteiger partial charge on any atom is 0.267 e. The minimum absolute atomic E-state index is 0. The van der Waals surface area contributed by atoms with Gasteiger partial charge in [-0.25, -0.2) is 0 Å². The van der Waals surface area contributed by atoms with E-state index in [0.29, 0.717) is 12.2 Å². The third-order valence-corrected chi connectivity index (χ3v) is 2.44. The van der Waals surface area contributed by atoms with Crippen molar-refractivity contribution in [3.8, 4) is 0 Å². The van der Waals surface area contributed by atoms with E-state index in [0.717, 1.165) is 18.8 Å². The zero-order valence-corrected chi connectivity index (χ0v) is 10.9. The fourth-order valence-corrected chi connectivity index (χ4v) is 1.37. The lowest BCUT2D eigenvalue weighted by atomic mass is 10.4. The molecule has 0 aliphatic rings. The second-order valence-electron chi connectivity index (χ2n) is 3.53. The third-order valence-electron chi connectivity index (χ3n) is 2.44. The summed E-state index contributed by atoms with van der Waals surface area (Å²) in [7, 11) is 1.90. The standard InChI is InChI=1S/C11H19N3O.ClH/c1-4-12-7-8-13-11(15)10-6-5-9(2)14(10)3;/h5-6,12H,4,7-8H2,1-3H3,(H,13,15);1H. The number of nitrogens with zero attached hydrogens (tertiary/aromatic N) is 1. The summed E-state index contributed by atoms with van der Waals surface area (Å²) in [6.45, 7) is 6.43. The van der Waals surface area contributed by atoms with E-state index in [2.05, 4.69) is 10.6 Å². The second kappa shape index (κ2) is 7.30. The first-order valence-electron chi connectivity index (χ1n) is 5.28. The van der Waals surface area contributed by atoms with Gasteiger partial charge in [-0.2, -0.15) is 0 Å². The molecule has 2 N–H and O–H groups in total. The van der Waals surface area contributed by atoms with E-state index in [1.807, 2.05) is 37.6 Å². The van der Waals surface area contributed by atoms with Crippen LogP contribution in [0.2, 0.25) is 0 Å². The molecule has 0 bridgehead atoms. The van der Waals surface area contributed by atoms with Crippen LogP contribution in [-0.4, -0.2) is 30.1 Å². The summed E-state index contributed by atoms with van der Waals surface area (Å²) >= 11 is 0. The predicted molar refractivity (Wildman–Crippen MR) is 68.3 cm³/mol. The van der Waals surface area contributed by atoms with Crippen LogP contribution in [0.15, 0.2) is 12.1 Å². The molecule has 0 radical (unpaired) electrons. The molecule has 0 aliphatic carbocycles. The highest BCUT2D eigenvalue weighted by Crippen LogP contribution is 2.04. The Bertz CT molecular complexity index is 336. The molecule has 0 saturated carbocycles. The molecule has 1 aromatic rings. The fourth-order valence-electron chi connectivity index (χ4n) is 1.37. The van der Waals surface area contributed by atoms with Gasteiger partial charge in [-0.1, -0.05) is 6.92 Å². The smallest absolute Gasteiger partial charge is 0.267 e. The maximum absolute atomic E-state index is 11.7. The van der Waals surface area contributed by atoms with E-state index in [1.165, 1.54) is 0 Å². The van der Waals surface area contributed by atoms with Crippen molar-refractivity contribution in [3.05, 3.63) is 23.5 Å². The van der Waals surface area contributed by atoms with E-state index < -0.39 is 0 Å². The van der Waals surface area contributed by atoms with Crippen molar-refractivity contribution in [3.63, 3.8) is 0 Å². The Balaban J connectivity index is 0.00000225. The molecule has 0 saturated heterocycles. The highest BCUT2D eigenvalue weighted by molar-refractivity contribution is 5.92. The second-order valence-corrected chi connectivity index (χ2v) is 3.53. The monoisotopic (exact) mass is 245 g/mol. The summed E-state index contributed by atoms with van der Waals surface area (Å²) in [5.74, 6) is -0.0106. The number of likely N-dealkylation sites (N-methyl/N-ethyl adjacent to an activating group) is 1. The summed E-state index contributed by atoms with van der Waals surface area (Å²) in [5.41, 5.74) is 1.80. The van der Waals surface area contributed by atoms with E-state index in [9.17, 15) is 4.79 Å². The van der Waals surface area contributed by atoms with Gasteiger partial charge in [0, 0.05) is 25.8 Å². The van der Waals surface area contributed by atoms with Crippen LogP contribution in [0, 0.1) is 6.92 Å². The van der Waals surface area contributed by atoms with Crippen LogP contribution in [0.5, 0.6) is 0 Å². The number of nitrogens with one attached hydrogen (secondary N) is 2. The van der Waals surface area contributed by atoms with Gasteiger partial charge in [0.25, 0.3) is 5.91 Å². The molecule has 0 aliphatic heterocycles. The zero-order chi connectivity index (χ0) is 11.3. The number of amides is 1. The van der Waals surface area contributed by atoms with Gasteiger partial charge >= 0.3 is 0 Å². The first-order chi connectivity index (χ1) is 7.16. The van der Waals surface area contributed by atoms with Crippen LogP contribution in [0.25, 0.3) is 0 Å². The molecule has 1 aromatic heterocycles. The van der Waals surface area contributed by atoms with Gasteiger partial charge in [0.05, 0.1) is 0 Å². The number of halogens is 1. The van der Waals surface area contributed by atoms with Crippen molar-refractivity contribution in [2.75, 3.05) is 19.6 Å². The van der Waals surface area contributed by atoms with E-state index >= 15 is 0 Å². The number of hydrogen-bond acceptors (Lipinski definition) is 2. The number of aromatic nitrogens is 1. The predicted octanol–water partition coefficient (Wildman–Crippen LogP) is 1.09. The molecule has 1 rings (SSSR count). The molecule has 92 valence electrons. The molecule has 0 atom stereocenters. The van der Waals surface area contributed by atoms with Gasteiger partial charge in [0.2, 0.25) is 0 Å². The Morgan fingerprint density at radius 2 is 2.06 bits per heavy atom.